The van der Waals surface area contributed by atoms with Gasteiger partial charge in [0.25, 0.3) is 0 Å². The second kappa shape index (κ2) is 7.74. The highest BCUT2D eigenvalue weighted by molar-refractivity contribution is 5.86. The van der Waals surface area contributed by atoms with Crippen molar-refractivity contribution in [1.29, 1.82) is 0 Å². The van der Waals surface area contributed by atoms with Crippen LogP contribution in [0.4, 0.5) is 0 Å². The smallest absolute Gasteiger partial charge is 0.165 e. The van der Waals surface area contributed by atoms with Crippen molar-refractivity contribution in [2.45, 2.75) is 32.2 Å². The van der Waals surface area contributed by atoms with E-state index in [4.69, 9.17) is 0 Å². The van der Waals surface area contributed by atoms with Crippen LogP contribution in [0.25, 0.3) is 22.3 Å². The van der Waals surface area contributed by atoms with E-state index >= 15 is 0 Å². The molecule has 1 heterocycles. The van der Waals surface area contributed by atoms with Gasteiger partial charge in [0, 0.05) is 18.2 Å². The first kappa shape index (κ1) is 19.8. The number of phenolic OH excluding ortho intramolecular Hbond substituents is 2. The zero-order valence-electron chi connectivity index (χ0n) is 16.6. The number of phenols is 2. The van der Waals surface area contributed by atoms with E-state index < -0.39 is 0 Å². The van der Waals surface area contributed by atoms with Gasteiger partial charge in [0.2, 0.25) is 0 Å². The van der Waals surface area contributed by atoms with Gasteiger partial charge in [-0.2, -0.15) is 0 Å². The van der Waals surface area contributed by atoms with Gasteiger partial charge in [-0.05, 0) is 71.3 Å². The Kier molecular flexibility index (Phi) is 5.28. The Morgan fingerprint density at radius 1 is 0.966 bits per heavy atom. The molecule has 29 heavy (non-hydrogen) atoms. The third kappa shape index (κ3) is 3.19. The van der Waals surface area contributed by atoms with Crippen LogP contribution in [0.2, 0.25) is 0 Å². The maximum Gasteiger partial charge on any atom is 0.165 e. The molecule has 0 amide bonds. The number of benzene rings is 3. The molecule has 4 heteroatoms. The fourth-order valence-corrected chi connectivity index (χ4v) is 5.01. The largest absolute Gasteiger partial charge is 0.504 e. The molecule has 3 nitrogen and oxygen atoms in total. The van der Waals surface area contributed by atoms with E-state index in [0.29, 0.717) is 6.04 Å². The van der Waals surface area contributed by atoms with Gasteiger partial charge in [-0.1, -0.05) is 49.4 Å². The molecule has 150 valence electrons. The van der Waals surface area contributed by atoms with Gasteiger partial charge in [0.1, 0.15) is 0 Å². The van der Waals surface area contributed by atoms with Crippen LogP contribution >= 0.6 is 12.4 Å². The highest BCUT2D eigenvalue weighted by Gasteiger charge is 2.36. The van der Waals surface area contributed by atoms with Gasteiger partial charge in [-0.25, -0.2) is 0 Å². The highest BCUT2D eigenvalue weighted by atomic mass is 35.5. The van der Waals surface area contributed by atoms with E-state index in [9.17, 15) is 10.2 Å². The van der Waals surface area contributed by atoms with E-state index in [1.807, 2.05) is 12.1 Å². The number of hydrogen-bond acceptors (Lipinski definition) is 3. The van der Waals surface area contributed by atoms with E-state index in [-0.39, 0.29) is 23.9 Å². The first-order valence-corrected chi connectivity index (χ1v) is 10.2. The molecule has 3 aromatic carbocycles. The summed E-state index contributed by atoms with van der Waals surface area (Å²) in [6.45, 7) is 4.39. The molecule has 0 unspecified atom stereocenters. The quantitative estimate of drug-likeness (QED) is 0.546. The first-order chi connectivity index (χ1) is 13.7. The lowest BCUT2D eigenvalue weighted by atomic mass is 9.75. The predicted octanol–water partition coefficient (Wildman–Crippen LogP) is 5.72. The molecule has 2 N–H and O–H groups in total. The molecule has 1 aliphatic carbocycles. The molecule has 0 radical (unpaired) electrons. The van der Waals surface area contributed by atoms with Crippen LogP contribution in [-0.4, -0.2) is 28.2 Å². The number of rotatable bonds is 3. The molecule has 0 saturated carbocycles. The summed E-state index contributed by atoms with van der Waals surface area (Å²) in [6.07, 6.45) is 3.04. The molecule has 0 fully saturated rings. The minimum absolute atomic E-state index is 0. The van der Waals surface area contributed by atoms with E-state index in [1.165, 1.54) is 22.3 Å². The Morgan fingerprint density at radius 3 is 2.52 bits per heavy atom. The summed E-state index contributed by atoms with van der Waals surface area (Å²) in [4.78, 5) is 2.58. The second-order valence-corrected chi connectivity index (χ2v) is 7.94. The van der Waals surface area contributed by atoms with Gasteiger partial charge in [0.05, 0.1) is 0 Å². The SMILES string of the molecule is CCCN1CCc2cc(-c3ccccc3)cc3c2[C@H]1Cc1ccc(O)c(O)c1-3.Cl. The van der Waals surface area contributed by atoms with Gasteiger partial charge in [-0.3, -0.25) is 4.90 Å². The van der Waals surface area contributed by atoms with Crippen molar-refractivity contribution in [3.63, 3.8) is 0 Å². The Bertz CT molecular complexity index is 1050. The molecular weight excluding hydrogens is 382 g/mol. The molecule has 1 atom stereocenters. The maximum absolute atomic E-state index is 10.7. The average molecular weight is 408 g/mol. The van der Waals surface area contributed by atoms with Gasteiger partial charge >= 0.3 is 0 Å². The summed E-state index contributed by atoms with van der Waals surface area (Å²) in [5, 5.41) is 20.9. The van der Waals surface area contributed by atoms with Crippen LogP contribution in [0.5, 0.6) is 11.5 Å². The third-order valence-corrected chi connectivity index (χ3v) is 6.25. The summed E-state index contributed by atoms with van der Waals surface area (Å²) in [5.74, 6) is -0.0340. The number of hydrogen-bond donors (Lipinski definition) is 2. The van der Waals surface area contributed by atoms with E-state index in [2.05, 4.69) is 48.2 Å². The highest BCUT2D eigenvalue weighted by Crippen LogP contribution is 2.51. The molecule has 0 bridgehead atoms. The van der Waals surface area contributed by atoms with E-state index in [1.54, 1.807) is 6.07 Å². The van der Waals surface area contributed by atoms with Crippen molar-refractivity contribution in [3.05, 3.63) is 71.3 Å². The van der Waals surface area contributed by atoms with Crippen molar-refractivity contribution < 1.29 is 10.2 Å². The van der Waals surface area contributed by atoms with E-state index in [0.717, 1.165) is 49.0 Å². The fourth-order valence-electron chi connectivity index (χ4n) is 5.01. The van der Waals surface area contributed by atoms with Gasteiger partial charge in [-0.15, -0.1) is 12.4 Å². The lowest BCUT2D eigenvalue weighted by molar-refractivity contribution is 0.183. The minimum atomic E-state index is -0.0442. The van der Waals surface area contributed by atoms with Crippen molar-refractivity contribution in [1.82, 2.24) is 4.90 Å². The zero-order valence-corrected chi connectivity index (χ0v) is 17.4. The Morgan fingerprint density at radius 2 is 1.76 bits per heavy atom. The molecule has 0 aromatic heterocycles. The second-order valence-electron chi connectivity index (χ2n) is 7.94. The lowest BCUT2D eigenvalue weighted by Gasteiger charge is -2.42. The summed E-state index contributed by atoms with van der Waals surface area (Å²) in [6, 6.07) is 18.9. The molecule has 1 aliphatic heterocycles. The monoisotopic (exact) mass is 407 g/mol. The molecule has 5 rings (SSSR count). The molecular formula is C25H26ClNO2. The zero-order chi connectivity index (χ0) is 19.3. The summed E-state index contributed by atoms with van der Waals surface area (Å²) < 4.78 is 0. The number of aromatic hydroxyl groups is 2. The number of nitrogens with zero attached hydrogens (tertiary/aromatic N) is 1. The molecule has 3 aromatic rings. The summed E-state index contributed by atoms with van der Waals surface area (Å²) >= 11 is 0. The fraction of sp³-hybridized carbons (Fsp3) is 0.280. The van der Waals surface area contributed by atoms with Gasteiger partial charge < -0.3 is 10.2 Å². The van der Waals surface area contributed by atoms with Crippen LogP contribution in [0, 0.1) is 0 Å². The molecule has 2 aliphatic rings. The van der Waals surface area contributed by atoms with Crippen molar-refractivity contribution in [2.24, 2.45) is 0 Å². The average Bonchev–Trinajstić information content (AvgIpc) is 2.73. The number of fused-ring (bicyclic) bond motifs is 2. The van der Waals surface area contributed by atoms with Crippen LogP contribution in [-0.2, 0) is 12.8 Å². The molecule has 0 spiro atoms. The summed E-state index contributed by atoms with van der Waals surface area (Å²) in [5.41, 5.74) is 8.08. The normalized spacial score (nSPS) is 17.2. The van der Waals surface area contributed by atoms with Crippen LogP contribution in [0.15, 0.2) is 54.6 Å². The molecule has 0 saturated heterocycles. The van der Waals surface area contributed by atoms with Crippen molar-refractivity contribution >= 4 is 12.4 Å². The summed E-state index contributed by atoms with van der Waals surface area (Å²) in [7, 11) is 0. The van der Waals surface area contributed by atoms with Crippen LogP contribution in [0.1, 0.15) is 36.1 Å². The van der Waals surface area contributed by atoms with Crippen molar-refractivity contribution in [3.8, 4) is 33.8 Å². The predicted molar refractivity (Wildman–Crippen MR) is 120 cm³/mol. The topological polar surface area (TPSA) is 43.7 Å². The van der Waals surface area contributed by atoms with Crippen LogP contribution < -0.4 is 0 Å². The van der Waals surface area contributed by atoms with Gasteiger partial charge in [0.15, 0.2) is 11.5 Å². The Labute approximate surface area is 178 Å². The maximum atomic E-state index is 10.7. The van der Waals surface area contributed by atoms with Crippen molar-refractivity contribution in [2.75, 3.05) is 13.1 Å². The minimum Gasteiger partial charge on any atom is -0.504 e. The first-order valence-electron chi connectivity index (χ1n) is 10.2. The van der Waals surface area contributed by atoms with Crippen LogP contribution in [0.3, 0.4) is 0 Å². The Balaban J connectivity index is 0.00000205. The Hall–Kier alpha value is -2.49. The third-order valence-electron chi connectivity index (χ3n) is 6.25. The lowest BCUT2D eigenvalue weighted by Crippen LogP contribution is -2.38. The number of halogens is 1. The standard InChI is InChI=1S/C25H25NO2.ClH/c1-2-11-26-12-10-18-13-19(16-6-4-3-5-7-16)14-20-23(18)21(26)15-17-8-9-22(27)25(28)24(17)20;/h3-9,13-14,21,27-28H,2,10-12,15H2,1H3;1H/t21-;/m1./s1.